The van der Waals surface area contributed by atoms with E-state index in [1.807, 2.05) is 0 Å². The summed E-state index contributed by atoms with van der Waals surface area (Å²) >= 11 is 5.64. The number of benzene rings is 1. The molecule has 14 heavy (non-hydrogen) atoms. The van der Waals surface area contributed by atoms with Crippen LogP contribution in [-0.4, -0.2) is 22.6 Å². The number of ketones is 1. The van der Waals surface area contributed by atoms with Crippen molar-refractivity contribution in [2.24, 2.45) is 0 Å². The fourth-order valence-corrected chi connectivity index (χ4v) is 1.09. The average molecular weight is 209 g/mol. The van der Waals surface area contributed by atoms with Gasteiger partial charge in [-0.1, -0.05) is 23.7 Å². The van der Waals surface area contributed by atoms with Crippen LogP contribution in [0.25, 0.3) is 5.53 Å². The lowest BCUT2D eigenvalue weighted by molar-refractivity contribution is -0.106. The van der Waals surface area contributed by atoms with Gasteiger partial charge in [0.2, 0.25) is 6.29 Å². The van der Waals surface area contributed by atoms with Gasteiger partial charge in [0, 0.05) is 10.6 Å². The zero-order valence-corrected chi connectivity index (χ0v) is 7.73. The molecule has 0 unspecified atom stereocenters. The lowest BCUT2D eigenvalue weighted by Gasteiger charge is -1.93. The van der Waals surface area contributed by atoms with Crippen LogP contribution >= 0.6 is 11.6 Å². The van der Waals surface area contributed by atoms with Crippen LogP contribution in [0, 0.1) is 0 Å². The van der Waals surface area contributed by atoms with Gasteiger partial charge in [-0.15, -0.1) is 0 Å². The SMILES string of the molecule is [N-]=[N+]=C(C=O)C(=O)c1cccc(Cl)c1. The van der Waals surface area contributed by atoms with Gasteiger partial charge in [0.25, 0.3) is 5.78 Å². The van der Waals surface area contributed by atoms with E-state index in [-0.39, 0.29) is 11.8 Å². The molecule has 0 aliphatic rings. The largest absolute Gasteiger partial charge is 0.401 e. The molecule has 1 rings (SSSR count). The molecule has 0 aliphatic heterocycles. The molecule has 70 valence electrons. The van der Waals surface area contributed by atoms with Gasteiger partial charge in [0.1, 0.15) is 0 Å². The molecule has 0 aliphatic carbocycles. The lowest BCUT2D eigenvalue weighted by Crippen LogP contribution is -2.16. The van der Waals surface area contributed by atoms with Crippen molar-refractivity contribution in [3.8, 4) is 0 Å². The summed E-state index contributed by atoms with van der Waals surface area (Å²) in [5.41, 5.74) is 7.99. The molecule has 0 atom stereocenters. The van der Waals surface area contributed by atoms with Gasteiger partial charge < -0.3 is 5.53 Å². The monoisotopic (exact) mass is 208 g/mol. The molecule has 0 aromatic heterocycles. The Morgan fingerprint density at radius 2 is 2.21 bits per heavy atom. The van der Waals surface area contributed by atoms with Gasteiger partial charge >= 0.3 is 5.71 Å². The number of nitrogens with zero attached hydrogens (tertiary/aromatic N) is 2. The van der Waals surface area contributed by atoms with E-state index >= 15 is 0 Å². The smallest absolute Gasteiger partial charge is 0.360 e. The van der Waals surface area contributed by atoms with E-state index in [9.17, 15) is 9.59 Å². The van der Waals surface area contributed by atoms with E-state index < -0.39 is 11.5 Å². The standard InChI is InChI=1S/C9H5ClN2O2/c10-7-3-1-2-6(4-7)9(14)8(5-13)12-11/h1-5H. The predicted molar refractivity (Wildman–Crippen MR) is 50.5 cm³/mol. The Morgan fingerprint density at radius 3 is 2.71 bits per heavy atom. The minimum atomic E-state index is -0.662. The Hall–Kier alpha value is -1.77. The minimum Gasteiger partial charge on any atom is -0.360 e. The maximum atomic E-state index is 11.4. The number of hydrogen-bond acceptors (Lipinski definition) is 2. The molecule has 5 heteroatoms. The van der Waals surface area contributed by atoms with Crippen molar-refractivity contribution in [2.45, 2.75) is 0 Å². The second-order valence-electron chi connectivity index (χ2n) is 2.44. The summed E-state index contributed by atoms with van der Waals surface area (Å²) in [6.07, 6.45) is 0.184. The van der Waals surface area contributed by atoms with Gasteiger partial charge in [-0.2, -0.15) is 4.79 Å². The van der Waals surface area contributed by atoms with Crippen molar-refractivity contribution in [1.29, 1.82) is 0 Å². The number of carbonyl (C=O) groups is 2. The Bertz CT molecular complexity index is 436. The van der Waals surface area contributed by atoms with E-state index in [1.165, 1.54) is 12.1 Å². The highest BCUT2D eigenvalue weighted by molar-refractivity contribution is 6.61. The number of halogens is 1. The van der Waals surface area contributed by atoms with E-state index in [0.29, 0.717) is 5.02 Å². The van der Waals surface area contributed by atoms with Gasteiger partial charge in [0.05, 0.1) is 0 Å². The third kappa shape index (κ3) is 2.13. The van der Waals surface area contributed by atoms with E-state index in [1.54, 1.807) is 12.1 Å². The van der Waals surface area contributed by atoms with Crippen molar-refractivity contribution in [3.63, 3.8) is 0 Å². The maximum absolute atomic E-state index is 11.4. The van der Waals surface area contributed by atoms with E-state index in [0.717, 1.165) is 0 Å². The average Bonchev–Trinajstić information content (AvgIpc) is 2.19. The minimum absolute atomic E-state index is 0.184. The van der Waals surface area contributed by atoms with Crippen LogP contribution in [-0.2, 0) is 4.79 Å². The van der Waals surface area contributed by atoms with Gasteiger partial charge in [-0.05, 0) is 12.1 Å². The zero-order valence-electron chi connectivity index (χ0n) is 6.98. The fraction of sp³-hybridized carbons (Fsp3) is 0. The Labute approximate surface area is 84.7 Å². The molecule has 0 spiro atoms. The molecule has 0 amide bonds. The number of aldehydes is 1. The molecular weight excluding hydrogens is 204 g/mol. The molecule has 0 bridgehead atoms. The first-order chi connectivity index (χ1) is 6.69. The molecule has 1 aromatic carbocycles. The van der Waals surface area contributed by atoms with Crippen LogP contribution in [0.5, 0.6) is 0 Å². The molecule has 0 N–H and O–H groups in total. The van der Waals surface area contributed by atoms with Crippen molar-refractivity contribution in [1.82, 2.24) is 0 Å². The first kappa shape index (κ1) is 10.3. The molecule has 0 saturated carbocycles. The zero-order chi connectivity index (χ0) is 10.6. The summed E-state index contributed by atoms with van der Waals surface area (Å²) in [5.74, 6) is -0.662. The van der Waals surface area contributed by atoms with Crippen molar-refractivity contribution < 1.29 is 14.4 Å². The third-order valence-electron chi connectivity index (χ3n) is 1.54. The summed E-state index contributed by atoms with van der Waals surface area (Å²) < 4.78 is 0. The second kappa shape index (κ2) is 4.46. The molecule has 0 fully saturated rings. The Kier molecular flexibility index (Phi) is 3.29. The Morgan fingerprint density at radius 1 is 1.50 bits per heavy atom. The summed E-state index contributed by atoms with van der Waals surface area (Å²) in [5, 5.41) is 0.374. The summed E-state index contributed by atoms with van der Waals surface area (Å²) in [6, 6.07) is 6.02. The first-order valence-electron chi connectivity index (χ1n) is 3.66. The quantitative estimate of drug-likeness (QED) is 0.188. The van der Waals surface area contributed by atoms with Crippen molar-refractivity contribution in [2.75, 3.05) is 0 Å². The topological polar surface area (TPSA) is 70.5 Å². The summed E-state index contributed by atoms with van der Waals surface area (Å²) in [6.45, 7) is 0. The number of rotatable bonds is 3. The molecular formula is C9H5ClN2O2. The van der Waals surface area contributed by atoms with Crippen molar-refractivity contribution >= 4 is 29.4 Å². The molecule has 0 heterocycles. The van der Waals surface area contributed by atoms with Gasteiger partial charge in [-0.3, -0.25) is 9.59 Å². The number of carbonyl (C=O) groups excluding carboxylic acids is 2. The van der Waals surface area contributed by atoms with Crippen LogP contribution in [0.2, 0.25) is 5.02 Å². The highest BCUT2D eigenvalue weighted by atomic mass is 35.5. The summed E-state index contributed by atoms with van der Waals surface area (Å²) in [7, 11) is 0. The summed E-state index contributed by atoms with van der Waals surface area (Å²) in [4.78, 5) is 24.2. The number of Topliss-reactive ketones (excluding diaryl/α,β-unsaturated/α-hetero) is 1. The van der Waals surface area contributed by atoms with Crippen LogP contribution in [0.4, 0.5) is 0 Å². The van der Waals surface area contributed by atoms with Gasteiger partial charge in [0.15, 0.2) is 0 Å². The molecule has 0 saturated heterocycles. The van der Waals surface area contributed by atoms with Crippen LogP contribution < -0.4 is 0 Å². The fourth-order valence-electron chi connectivity index (χ4n) is 0.900. The van der Waals surface area contributed by atoms with Crippen LogP contribution in [0.1, 0.15) is 10.4 Å². The highest BCUT2D eigenvalue weighted by Gasteiger charge is 2.20. The molecule has 0 radical (unpaired) electrons. The first-order valence-corrected chi connectivity index (χ1v) is 4.04. The van der Waals surface area contributed by atoms with E-state index in [2.05, 4.69) is 4.79 Å². The van der Waals surface area contributed by atoms with Crippen LogP contribution in [0.15, 0.2) is 24.3 Å². The predicted octanol–water partition coefficient (Wildman–Crippen LogP) is 1.39. The third-order valence-corrected chi connectivity index (χ3v) is 1.77. The van der Waals surface area contributed by atoms with Gasteiger partial charge in [-0.25, -0.2) is 0 Å². The number of hydrogen-bond donors (Lipinski definition) is 0. The molecule has 4 nitrogen and oxygen atoms in total. The molecule has 1 aromatic rings. The second-order valence-corrected chi connectivity index (χ2v) is 2.88. The van der Waals surface area contributed by atoms with E-state index in [4.69, 9.17) is 17.1 Å². The van der Waals surface area contributed by atoms with Crippen molar-refractivity contribution in [3.05, 3.63) is 40.4 Å². The van der Waals surface area contributed by atoms with Crippen LogP contribution in [0.3, 0.4) is 0 Å². The normalized spacial score (nSPS) is 8.93. The lowest BCUT2D eigenvalue weighted by atomic mass is 10.1. The maximum Gasteiger partial charge on any atom is 0.401 e. The Balaban J connectivity index is 3.13. The highest BCUT2D eigenvalue weighted by Crippen LogP contribution is 2.11.